The number of aliphatic hydroxyl groups excluding tert-OH is 4. The summed E-state index contributed by atoms with van der Waals surface area (Å²) in [7, 11) is 0. The van der Waals surface area contributed by atoms with Gasteiger partial charge in [-0.15, -0.1) is 0 Å². The molecule has 0 fully saturated rings. The van der Waals surface area contributed by atoms with Crippen molar-refractivity contribution in [2.24, 2.45) is 0 Å². The van der Waals surface area contributed by atoms with Crippen molar-refractivity contribution in [2.45, 2.75) is 107 Å². The number of carbonyl (C=O) groups excluding carboxylic acids is 1. The number of rotatable bonds is 25. The minimum absolute atomic E-state index is 0.0119. The Morgan fingerprint density at radius 1 is 0.673 bits per heavy atom. The van der Waals surface area contributed by atoms with Crippen LogP contribution in [0, 0.1) is 0 Å². The number of aliphatic hydroxyl groups is 4. The van der Waals surface area contributed by atoms with E-state index in [1.54, 1.807) is 6.20 Å². The van der Waals surface area contributed by atoms with E-state index in [2.05, 4.69) is 57.3 Å². The molecule has 0 saturated heterocycles. The number of carbonyl (C=O) groups is 1. The smallest absolute Gasteiger partial charge is 0.222 e. The van der Waals surface area contributed by atoms with Crippen LogP contribution < -0.4 is 16.0 Å². The maximum atomic E-state index is 11.9. The number of hydrogen-bond donors (Lipinski definition) is 7. The number of nitrogens with zero attached hydrogens (tertiary/aromatic N) is 2. The van der Waals surface area contributed by atoms with Gasteiger partial charge in [0, 0.05) is 42.7 Å². The monoisotopic (exact) mass is 711 g/mol. The summed E-state index contributed by atoms with van der Waals surface area (Å²) >= 11 is 0. The average Bonchev–Trinajstić information content (AvgIpc) is 3.16. The molecule has 0 spiro atoms. The van der Waals surface area contributed by atoms with Gasteiger partial charge in [0.1, 0.15) is 12.0 Å². The van der Waals surface area contributed by atoms with Crippen LogP contribution in [0.4, 0.5) is 11.5 Å². The normalized spacial score (nSPS) is 14.2. The van der Waals surface area contributed by atoms with E-state index in [-0.39, 0.29) is 30.7 Å². The second-order valence-corrected chi connectivity index (χ2v) is 13.5. The number of unbranched alkanes of at least 4 members (excludes halogenated alkanes) is 7. The summed E-state index contributed by atoms with van der Waals surface area (Å²) in [6.07, 6.45) is 10.7. The van der Waals surface area contributed by atoms with Crippen molar-refractivity contribution in [1.29, 1.82) is 0 Å². The summed E-state index contributed by atoms with van der Waals surface area (Å²) in [5, 5.41) is 49.1. The van der Waals surface area contributed by atoms with E-state index in [9.17, 15) is 20.1 Å². The number of hydrogen-bond acceptors (Lipinski definition) is 9. The molecule has 7 N–H and O–H groups in total. The van der Waals surface area contributed by atoms with Gasteiger partial charge in [-0.05, 0) is 67.1 Å². The molecule has 10 nitrogen and oxygen atoms in total. The van der Waals surface area contributed by atoms with Crippen molar-refractivity contribution in [3.8, 4) is 0 Å². The van der Waals surface area contributed by atoms with Crippen LogP contribution in [0.15, 0.2) is 103 Å². The second-order valence-electron chi connectivity index (χ2n) is 13.5. The van der Waals surface area contributed by atoms with Crippen LogP contribution >= 0.6 is 0 Å². The predicted octanol–water partition coefficient (Wildman–Crippen LogP) is 6.51. The molecule has 2 heterocycles. The predicted molar refractivity (Wildman–Crippen MR) is 207 cm³/mol. The van der Waals surface area contributed by atoms with Crippen molar-refractivity contribution < 1.29 is 25.2 Å². The highest BCUT2D eigenvalue weighted by atomic mass is 16.3. The topological polar surface area (TPSA) is 160 Å². The number of amides is 1. The van der Waals surface area contributed by atoms with Gasteiger partial charge in [0.25, 0.3) is 0 Å². The molecule has 4 rings (SSSR count). The van der Waals surface area contributed by atoms with Gasteiger partial charge in [0.15, 0.2) is 0 Å². The zero-order chi connectivity index (χ0) is 36.8. The van der Waals surface area contributed by atoms with E-state index in [1.165, 1.54) is 5.56 Å². The van der Waals surface area contributed by atoms with Gasteiger partial charge in [0.2, 0.25) is 5.91 Å². The van der Waals surface area contributed by atoms with Gasteiger partial charge in [-0.25, -0.2) is 4.98 Å². The highest BCUT2D eigenvalue weighted by molar-refractivity contribution is 5.76. The van der Waals surface area contributed by atoms with Crippen LogP contribution in [0.1, 0.15) is 99.4 Å². The number of anilines is 2. The standard InChI is InChI=1S/C42H57N5O5/c48-31-34(50)29-33(49)30-41(52)45-27-15-6-4-2-1-3-5-10-24-40(51)46-38-22-12-11-20-35(38)42(47-39-23-14-17-26-44-39)36(37-21-13-16-25-43-37)28-32-18-8-7-9-19-32/h7-9,11-14,16-23,25-26,33-34,36,40,42,46,48-51H,1-6,10,15,24,27-31H2,(H,44,47)(H,45,52)/t33-,34-,36-,40?,42+/m0/s1. The first kappa shape index (κ1) is 40.4. The van der Waals surface area contributed by atoms with Crippen molar-refractivity contribution in [3.63, 3.8) is 0 Å². The van der Waals surface area contributed by atoms with E-state index in [0.29, 0.717) is 13.0 Å². The lowest BCUT2D eigenvalue weighted by atomic mass is 9.84. The number of benzene rings is 2. The Labute approximate surface area is 308 Å². The van der Waals surface area contributed by atoms with Gasteiger partial charge in [0.05, 0.1) is 31.3 Å². The third-order valence-corrected chi connectivity index (χ3v) is 9.26. The molecule has 10 heteroatoms. The minimum atomic E-state index is -1.01. The Kier molecular flexibility index (Phi) is 18.1. The fourth-order valence-corrected chi connectivity index (χ4v) is 6.52. The molecular weight excluding hydrogens is 654 g/mol. The highest BCUT2D eigenvalue weighted by Gasteiger charge is 2.29. The van der Waals surface area contributed by atoms with Gasteiger partial charge in [-0.2, -0.15) is 0 Å². The lowest BCUT2D eigenvalue weighted by molar-refractivity contribution is -0.123. The van der Waals surface area contributed by atoms with Crippen molar-refractivity contribution in [3.05, 3.63) is 120 Å². The van der Waals surface area contributed by atoms with E-state index >= 15 is 0 Å². The molecular formula is C42H57N5O5. The molecule has 0 aliphatic carbocycles. The molecule has 280 valence electrons. The maximum absolute atomic E-state index is 11.9. The molecule has 5 atom stereocenters. The lowest BCUT2D eigenvalue weighted by Crippen LogP contribution is -2.30. The molecule has 52 heavy (non-hydrogen) atoms. The molecule has 2 aromatic carbocycles. The number of aromatic nitrogens is 2. The van der Waals surface area contributed by atoms with E-state index in [0.717, 1.165) is 80.6 Å². The molecule has 1 unspecified atom stereocenters. The second kappa shape index (κ2) is 23.3. The molecule has 4 aromatic rings. The molecule has 0 aliphatic rings. The van der Waals surface area contributed by atoms with E-state index < -0.39 is 25.0 Å². The van der Waals surface area contributed by atoms with Crippen LogP contribution in [-0.4, -0.2) is 67.9 Å². The number of pyridine rings is 2. The first-order chi connectivity index (χ1) is 25.4. The summed E-state index contributed by atoms with van der Waals surface area (Å²) < 4.78 is 0. The molecule has 0 bridgehead atoms. The van der Waals surface area contributed by atoms with Gasteiger partial charge >= 0.3 is 0 Å². The van der Waals surface area contributed by atoms with Crippen LogP contribution in [-0.2, 0) is 11.2 Å². The Hall–Kier alpha value is -4.35. The third kappa shape index (κ3) is 14.7. The zero-order valence-electron chi connectivity index (χ0n) is 30.2. The SMILES string of the molecule is O=C(C[C@@H](O)C[C@H](O)CO)NCCCCCCCCCCC(O)Nc1ccccc1[C@@H](Nc1ccccn1)[C@@H](Cc1ccccc1)c1ccccn1. The van der Waals surface area contributed by atoms with E-state index in [4.69, 9.17) is 10.1 Å². The van der Waals surface area contributed by atoms with E-state index in [1.807, 2.05) is 60.8 Å². The maximum Gasteiger partial charge on any atom is 0.222 e. The molecule has 0 saturated carbocycles. The fraction of sp³-hybridized carbons (Fsp3) is 0.452. The largest absolute Gasteiger partial charge is 0.394 e. The summed E-state index contributed by atoms with van der Waals surface area (Å²) in [5.74, 6) is 0.505. The Balaban J connectivity index is 1.24. The first-order valence-electron chi connectivity index (χ1n) is 18.8. The van der Waals surface area contributed by atoms with Crippen LogP contribution in [0.25, 0.3) is 0 Å². The Morgan fingerprint density at radius 2 is 1.33 bits per heavy atom. The third-order valence-electron chi connectivity index (χ3n) is 9.26. The molecule has 2 aromatic heterocycles. The quantitative estimate of drug-likeness (QED) is 0.0301. The number of nitrogens with one attached hydrogen (secondary N) is 3. The summed E-state index contributed by atoms with van der Waals surface area (Å²) in [6.45, 7) is 0.142. The fourth-order valence-electron chi connectivity index (χ4n) is 6.52. The highest BCUT2D eigenvalue weighted by Crippen LogP contribution is 2.39. The van der Waals surface area contributed by atoms with Gasteiger partial charge in [-0.1, -0.05) is 99.2 Å². The molecule has 0 aliphatic heterocycles. The first-order valence-corrected chi connectivity index (χ1v) is 18.8. The molecule has 1 amide bonds. The van der Waals surface area contributed by atoms with Crippen LogP contribution in [0.5, 0.6) is 0 Å². The van der Waals surface area contributed by atoms with Crippen molar-refractivity contribution >= 4 is 17.4 Å². The Bertz CT molecular complexity index is 1530. The van der Waals surface area contributed by atoms with Gasteiger partial charge in [-0.3, -0.25) is 9.78 Å². The average molecular weight is 712 g/mol. The lowest BCUT2D eigenvalue weighted by Gasteiger charge is -2.31. The zero-order valence-corrected chi connectivity index (χ0v) is 30.2. The van der Waals surface area contributed by atoms with Crippen LogP contribution in [0.2, 0.25) is 0 Å². The summed E-state index contributed by atoms with van der Waals surface area (Å²) in [4.78, 5) is 21.3. The summed E-state index contributed by atoms with van der Waals surface area (Å²) in [5.41, 5.74) is 4.11. The molecule has 0 radical (unpaired) electrons. The number of para-hydroxylation sites is 1. The van der Waals surface area contributed by atoms with Gasteiger partial charge < -0.3 is 36.4 Å². The van der Waals surface area contributed by atoms with Crippen LogP contribution in [0.3, 0.4) is 0 Å². The van der Waals surface area contributed by atoms with Crippen molar-refractivity contribution in [2.75, 3.05) is 23.8 Å². The Morgan fingerprint density at radius 3 is 2.02 bits per heavy atom. The summed E-state index contributed by atoms with van der Waals surface area (Å²) in [6, 6.07) is 30.3. The minimum Gasteiger partial charge on any atom is -0.394 e. The van der Waals surface area contributed by atoms with Crippen molar-refractivity contribution in [1.82, 2.24) is 15.3 Å².